The Morgan fingerprint density at radius 2 is 2.06 bits per heavy atom. The number of nitrogens with zero attached hydrogens (tertiary/aromatic N) is 1. The first kappa shape index (κ1) is 13.3. The maximum atomic E-state index is 6.39. The Morgan fingerprint density at radius 1 is 1.35 bits per heavy atom. The van der Waals surface area contributed by atoms with E-state index in [2.05, 4.69) is 18.7 Å². The smallest absolute Gasteiger partial charge is 0.0674 e. The van der Waals surface area contributed by atoms with Gasteiger partial charge in [0.05, 0.1) is 12.7 Å². The van der Waals surface area contributed by atoms with Gasteiger partial charge in [0, 0.05) is 25.2 Å². The second-order valence-electron chi connectivity index (χ2n) is 5.87. The van der Waals surface area contributed by atoms with Gasteiger partial charge < -0.3 is 10.5 Å². The molecule has 3 atom stereocenters. The predicted octanol–water partition coefficient (Wildman–Crippen LogP) is 2.00. The van der Waals surface area contributed by atoms with Crippen LogP contribution >= 0.6 is 0 Å². The molecule has 3 heteroatoms. The van der Waals surface area contributed by atoms with Gasteiger partial charge in [-0.1, -0.05) is 19.8 Å². The fraction of sp³-hybridized carbons (Fsp3) is 1.00. The van der Waals surface area contributed by atoms with Crippen LogP contribution in [-0.2, 0) is 4.74 Å². The number of rotatable bonds is 4. The molecule has 17 heavy (non-hydrogen) atoms. The van der Waals surface area contributed by atoms with E-state index in [9.17, 15) is 0 Å². The molecule has 0 aromatic rings. The summed E-state index contributed by atoms with van der Waals surface area (Å²) in [7, 11) is 0. The van der Waals surface area contributed by atoms with Crippen molar-refractivity contribution < 1.29 is 4.74 Å². The Balaban J connectivity index is 1.85. The van der Waals surface area contributed by atoms with E-state index in [-0.39, 0.29) is 0 Å². The van der Waals surface area contributed by atoms with Gasteiger partial charge in [-0.05, 0) is 32.1 Å². The summed E-state index contributed by atoms with van der Waals surface area (Å²) < 4.78 is 5.74. The highest BCUT2D eigenvalue weighted by Crippen LogP contribution is 2.28. The first-order chi connectivity index (χ1) is 8.20. The van der Waals surface area contributed by atoms with E-state index < -0.39 is 0 Å². The largest absolute Gasteiger partial charge is 0.376 e. The second kappa shape index (κ2) is 6.17. The molecule has 2 N–H and O–H groups in total. The molecular weight excluding hydrogens is 212 g/mol. The highest BCUT2D eigenvalue weighted by molar-refractivity contribution is 4.85. The summed E-state index contributed by atoms with van der Waals surface area (Å²) in [6.07, 6.45) is 7.00. The normalized spacial score (nSPS) is 34.1. The summed E-state index contributed by atoms with van der Waals surface area (Å²) >= 11 is 0. The molecule has 1 aliphatic carbocycles. The van der Waals surface area contributed by atoms with Gasteiger partial charge in [0.25, 0.3) is 0 Å². The minimum absolute atomic E-state index is 0.369. The summed E-state index contributed by atoms with van der Waals surface area (Å²) in [4.78, 5) is 2.57. The molecule has 0 amide bonds. The summed E-state index contributed by atoms with van der Waals surface area (Å²) in [6, 6.07) is 0.954. The van der Waals surface area contributed by atoms with Crippen molar-refractivity contribution in [3.8, 4) is 0 Å². The average molecular weight is 240 g/mol. The molecule has 0 aromatic heterocycles. The molecule has 3 unspecified atom stereocenters. The topological polar surface area (TPSA) is 38.5 Å². The zero-order chi connectivity index (χ0) is 12.3. The minimum atomic E-state index is 0.369. The summed E-state index contributed by atoms with van der Waals surface area (Å²) in [5.74, 6) is 0.769. The molecule has 0 bridgehead atoms. The monoisotopic (exact) mass is 240 g/mol. The second-order valence-corrected chi connectivity index (χ2v) is 5.87. The lowest BCUT2D eigenvalue weighted by Crippen LogP contribution is -2.53. The highest BCUT2D eigenvalue weighted by atomic mass is 16.5. The maximum Gasteiger partial charge on any atom is 0.0674 e. The van der Waals surface area contributed by atoms with E-state index in [0.717, 1.165) is 25.6 Å². The van der Waals surface area contributed by atoms with Gasteiger partial charge in [0.1, 0.15) is 0 Å². The Hall–Kier alpha value is -0.120. The molecule has 100 valence electrons. The fourth-order valence-corrected chi connectivity index (χ4v) is 3.32. The van der Waals surface area contributed by atoms with E-state index in [4.69, 9.17) is 10.5 Å². The predicted molar refractivity (Wildman–Crippen MR) is 71.0 cm³/mol. The average Bonchev–Trinajstić information content (AvgIpc) is 2.83. The van der Waals surface area contributed by atoms with Gasteiger partial charge in [-0.3, -0.25) is 4.90 Å². The highest BCUT2D eigenvalue weighted by Gasteiger charge is 2.29. The molecule has 1 saturated carbocycles. The van der Waals surface area contributed by atoms with Crippen molar-refractivity contribution in [2.75, 3.05) is 19.7 Å². The molecule has 1 aliphatic heterocycles. The molecule has 1 heterocycles. The van der Waals surface area contributed by atoms with Crippen LogP contribution in [0.15, 0.2) is 0 Å². The Kier molecular flexibility index (Phi) is 4.83. The Labute approximate surface area is 106 Å². The van der Waals surface area contributed by atoms with E-state index >= 15 is 0 Å². The third-order valence-electron chi connectivity index (χ3n) is 4.50. The van der Waals surface area contributed by atoms with Crippen molar-refractivity contribution in [3.63, 3.8) is 0 Å². The molecule has 3 nitrogen and oxygen atoms in total. The lowest BCUT2D eigenvalue weighted by atomic mass is 9.97. The van der Waals surface area contributed by atoms with E-state index in [1.807, 2.05) is 0 Å². The van der Waals surface area contributed by atoms with Crippen molar-refractivity contribution >= 4 is 0 Å². The number of nitrogens with two attached hydrogens (primary N) is 1. The number of hydrogen-bond acceptors (Lipinski definition) is 3. The van der Waals surface area contributed by atoms with Crippen LogP contribution in [0.5, 0.6) is 0 Å². The molecule has 2 aliphatic rings. The standard InChI is InChI=1S/C14H28N2O/c1-3-13-10-17-11(2)8-16(13)9-14(15)12-6-4-5-7-12/h11-14H,3-10,15H2,1-2H3. The van der Waals surface area contributed by atoms with Crippen LogP contribution in [0.4, 0.5) is 0 Å². The van der Waals surface area contributed by atoms with Gasteiger partial charge in [-0.25, -0.2) is 0 Å². The number of morpholine rings is 1. The van der Waals surface area contributed by atoms with Crippen LogP contribution in [0.2, 0.25) is 0 Å². The molecule has 2 rings (SSSR count). The lowest BCUT2D eigenvalue weighted by Gasteiger charge is -2.40. The molecule has 1 saturated heterocycles. The molecule has 0 radical (unpaired) electrons. The Morgan fingerprint density at radius 3 is 2.71 bits per heavy atom. The van der Waals surface area contributed by atoms with Gasteiger partial charge >= 0.3 is 0 Å². The van der Waals surface area contributed by atoms with Crippen molar-refractivity contribution in [2.45, 2.75) is 64.1 Å². The van der Waals surface area contributed by atoms with Crippen LogP contribution in [0, 0.1) is 5.92 Å². The fourth-order valence-electron chi connectivity index (χ4n) is 3.32. The first-order valence-electron chi connectivity index (χ1n) is 7.32. The summed E-state index contributed by atoms with van der Waals surface area (Å²) in [5, 5.41) is 0. The zero-order valence-electron chi connectivity index (χ0n) is 11.4. The van der Waals surface area contributed by atoms with Crippen molar-refractivity contribution in [1.82, 2.24) is 4.90 Å². The van der Waals surface area contributed by atoms with Gasteiger partial charge in [0.15, 0.2) is 0 Å². The molecule has 2 fully saturated rings. The van der Waals surface area contributed by atoms with Gasteiger partial charge in [-0.15, -0.1) is 0 Å². The van der Waals surface area contributed by atoms with Gasteiger partial charge in [-0.2, -0.15) is 0 Å². The van der Waals surface area contributed by atoms with Crippen LogP contribution in [0.3, 0.4) is 0 Å². The van der Waals surface area contributed by atoms with E-state index in [1.54, 1.807) is 0 Å². The maximum absolute atomic E-state index is 6.39. The quantitative estimate of drug-likeness (QED) is 0.817. The van der Waals surface area contributed by atoms with E-state index in [1.165, 1.54) is 32.1 Å². The van der Waals surface area contributed by atoms with E-state index in [0.29, 0.717) is 18.2 Å². The SMILES string of the molecule is CCC1COC(C)CN1CC(N)C1CCCC1. The van der Waals surface area contributed by atoms with Crippen molar-refractivity contribution in [1.29, 1.82) is 0 Å². The lowest BCUT2D eigenvalue weighted by molar-refractivity contribution is -0.0589. The van der Waals surface area contributed by atoms with Crippen LogP contribution < -0.4 is 5.73 Å². The van der Waals surface area contributed by atoms with Crippen LogP contribution in [0.25, 0.3) is 0 Å². The summed E-state index contributed by atoms with van der Waals surface area (Å²) in [5.41, 5.74) is 6.39. The van der Waals surface area contributed by atoms with Crippen LogP contribution in [-0.4, -0.2) is 42.8 Å². The van der Waals surface area contributed by atoms with Crippen molar-refractivity contribution in [2.24, 2.45) is 11.7 Å². The van der Waals surface area contributed by atoms with Crippen LogP contribution in [0.1, 0.15) is 46.0 Å². The first-order valence-corrected chi connectivity index (χ1v) is 7.32. The summed E-state index contributed by atoms with van der Waals surface area (Å²) in [6.45, 7) is 7.42. The molecular formula is C14H28N2O. The number of hydrogen-bond donors (Lipinski definition) is 1. The molecule has 0 aromatic carbocycles. The van der Waals surface area contributed by atoms with Crippen molar-refractivity contribution in [3.05, 3.63) is 0 Å². The Bertz CT molecular complexity index is 228. The molecule has 0 spiro atoms. The van der Waals surface area contributed by atoms with Gasteiger partial charge in [0.2, 0.25) is 0 Å². The third-order valence-corrected chi connectivity index (χ3v) is 4.50. The zero-order valence-corrected chi connectivity index (χ0v) is 11.4. The number of ether oxygens (including phenoxy) is 1. The minimum Gasteiger partial charge on any atom is -0.376 e. The third kappa shape index (κ3) is 3.43.